The molecular formula is C30H29F2N3O6S. The van der Waals surface area contributed by atoms with Crippen LogP contribution in [0.1, 0.15) is 65.5 Å². The van der Waals surface area contributed by atoms with E-state index in [9.17, 15) is 27.1 Å². The van der Waals surface area contributed by atoms with Gasteiger partial charge in [0, 0.05) is 17.0 Å². The van der Waals surface area contributed by atoms with Gasteiger partial charge in [0.2, 0.25) is 0 Å². The van der Waals surface area contributed by atoms with Gasteiger partial charge in [0.1, 0.15) is 5.82 Å². The number of fused-ring (bicyclic) bond motifs is 2. The Balaban J connectivity index is 1.28. The van der Waals surface area contributed by atoms with Gasteiger partial charge in [-0.2, -0.15) is 0 Å². The third-order valence-electron chi connectivity index (χ3n) is 7.86. The lowest BCUT2D eigenvalue weighted by atomic mass is 9.85. The maximum atomic E-state index is 13.8. The number of rotatable bonds is 9. The van der Waals surface area contributed by atoms with Gasteiger partial charge >= 0.3 is 6.29 Å². The summed E-state index contributed by atoms with van der Waals surface area (Å²) in [6, 6.07) is 15.2. The molecule has 1 fully saturated rings. The molecule has 220 valence electrons. The summed E-state index contributed by atoms with van der Waals surface area (Å²) in [5.74, 6) is 0.533. The number of para-hydroxylation sites is 1. The molecule has 2 heterocycles. The third-order valence-corrected chi connectivity index (χ3v) is 9.61. The van der Waals surface area contributed by atoms with Gasteiger partial charge in [-0.25, -0.2) is 13.4 Å². The van der Waals surface area contributed by atoms with Gasteiger partial charge in [0.05, 0.1) is 40.9 Å². The standard InChI is InChI=1S/C30H29F2N3O6S/c1-2-42(38,39)22-12-9-18(10-13-22)24(17-36)34-29(37)20-11-14-25-23(15-20)33-28(19-5-3-6-19)35(25)16-21-7-4-8-26-27(21)41-30(31,32)40-26/h4,7-15,19,24,36H,2-3,5-6,16-17H2,1H3,(H,34,37). The molecule has 1 aromatic heterocycles. The second kappa shape index (κ2) is 10.7. The predicted octanol–water partition coefficient (Wildman–Crippen LogP) is 4.93. The van der Waals surface area contributed by atoms with Crippen LogP contribution in [0.2, 0.25) is 0 Å². The Morgan fingerprint density at radius 3 is 2.57 bits per heavy atom. The number of alkyl halides is 2. The van der Waals surface area contributed by atoms with Crippen LogP contribution >= 0.6 is 0 Å². The Morgan fingerprint density at radius 1 is 1.14 bits per heavy atom. The second-order valence-corrected chi connectivity index (χ2v) is 12.8. The lowest BCUT2D eigenvalue weighted by molar-refractivity contribution is -0.286. The normalized spacial score (nSPS) is 16.8. The quantitative estimate of drug-likeness (QED) is 0.281. The SMILES string of the molecule is CCS(=O)(=O)c1ccc(C(CO)NC(=O)c2ccc3c(c2)nc(C2CCC2)n3Cc2cccc3c2OC(F)(F)O3)cc1. The van der Waals surface area contributed by atoms with Crippen LogP contribution in [0.4, 0.5) is 8.78 Å². The zero-order valence-electron chi connectivity index (χ0n) is 22.7. The Labute approximate surface area is 241 Å². The highest BCUT2D eigenvalue weighted by atomic mass is 32.2. The number of imidazole rings is 1. The summed E-state index contributed by atoms with van der Waals surface area (Å²) < 4.78 is 63.2. The second-order valence-electron chi connectivity index (χ2n) is 10.5. The van der Waals surface area contributed by atoms with Crippen molar-refractivity contribution in [3.8, 4) is 11.5 Å². The van der Waals surface area contributed by atoms with E-state index >= 15 is 0 Å². The largest absolute Gasteiger partial charge is 0.586 e. The number of aromatic nitrogens is 2. The summed E-state index contributed by atoms with van der Waals surface area (Å²) in [5, 5.41) is 12.8. The molecule has 1 unspecified atom stereocenters. The first-order valence-corrected chi connectivity index (χ1v) is 15.4. The first kappa shape index (κ1) is 28.1. The molecule has 4 aromatic rings. The van der Waals surface area contributed by atoms with E-state index in [0.717, 1.165) is 30.6 Å². The van der Waals surface area contributed by atoms with E-state index in [4.69, 9.17) is 9.72 Å². The molecule has 6 rings (SSSR count). The Kier molecular flexibility index (Phi) is 7.14. The number of aliphatic hydroxyl groups excluding tert-OH is 1. The number of carbonyl (C=O) groups excluding carboxylic acids is 1. The minimum absolute atomic E-state index is 0.00437. The monoisotopic (exact) mass is 597 g/mol. The average molecular weight is 598 g/mol. The number of nitrogens with zero attached hydrogens (tertiary/aromatic N) is 2. The van der Waals surface area contributed by atoms with Crippen molar-refractivity contribution < 1.29 is 36.6 Å². The summed E-state index contributed by atoms with van der Waals surface area (Å²) >= 11 is 0. The van der Waals surface area contributed by atoms with Crippen molar-refractivity contribution in [2.75, 3.05) is 12.4 Å². The van der Waals surface area contributed by atoms with Crippen LogP contribution in [-0.2, 0) is 16.4 Å². The predicted molar refractivity (Wildman–Crippen MR) is 150 cm³/mol. The highest BCUT2D eigenvalue weighted by Crippen LogP contribution is 2.44. The summed E-state index contributed by atoms with van der Waals surface area (Å²) in [6.07, 6.45) is -0.745. The fourth-order valence-electron chi connectivity index (χ4n) is 5.30. The zero-order valence-corrected chi connectivity index (χ0v) is 23.5. The van der Waals surface area contributed by atoms with Crippen molar-refractivity contribution in [1.29, 1.82) is 0 Å². The molecule has 3 aromatic carbocycles. The minimum Gasteiger partial charge on any atom is -0.395 e. The molecule has 0 radical (unpaired) electrons. The van der Waals surface area contributed by atoms with Gasteiger partial charge < -0.3 is 24.5 Å². The molecule has 1 aliphatic carbocycles. The number of sulfone groups is 1. The van der Waals surface area contributed by atoms with Gasteiger partial charge in [-0.1, -0.05) is 37.6 Å². The molecule has 0 bridgehead atoms. The molecule has 1 saturated carbocycles. The summed E-state index contributed by atoms with van der Waals surface area (Å²) in [5.41, 5.74) is 2.73. The number of hydrogen-bond donors (Lipinski definition) is 2. The van der Waals surface area contributed by atoms with E-state index in [1.54, 1.807) is 49.4 Å². The maximum Gasteiger partial charge on any atom is 0.586 e. The molecule has 1 aliphatic heterocycles. The molecule has 2 N–H and O–H groups in total. The molecule has 1 amide bonds. The number of ether oxygens (including phenoxy) is 2. The number of aliphatic hydroxyl groups is 1. The fourth-order valence-corrected chi connectivity index (χ4v) is 6.19. The maximum absolute atomic E-state index is 13.8. The van der Waals surface area contributed by atoms with Crippen molar-refractivity contribution in [2.24, 2.45) is 0 Å². The summed E-state index contributed by atoms with van der Waals surface area (Å²) in [4.78, 5) is 18.2. The van der Waals surface area contributed by atoms with E-state index in [1.165, 1.54) is 18.2 Å². The number of halogens is 2. The molecular weight excluding hydrogens is 568 g/mol. The van der Waals surface area contributed by atoms with Gasteiger partial charge in [0.15, 0.2) is 21.3 Å². The van der Waals surface area contributed by atoms with E-state index in [0.29, 0.717) is 22.2 Å². The van der Waals surface area contributed by atoms with E-state index < -0.39 is 28.1 Å². The van der Waals surface area contributed by atoms with Crippen molar-refractivity contribution in [2.45, 2.75) is 55.9 Å². The number of nitrogens with one attached hydrogen (secondary N) is 1. The number of hydrogen-bond acceptors (Lipinski definition) is 7. The van der Waals surface area contributed by atoms with E-state index in [2.05, 4.69) is 10.1 Å². The first-order chi connectivity index (χ1) is 20.1. The lowest BCUT2D eigenvalue weighted by Crippen LogP contribution is -2.30. The van der Waals surface area contributed by atoms with Crippen LogP contribution in [-0.4, -0.2) is 47.6 Å². The van der Waals surface area contributed by atoms with Gasteiger partial charge in [-0.3, -0.25) is 4.79 Å². The molecule has 1 atom stereocenters. The first-order valence-electron chi connectivity index (χ1n) is 13.7. The number of benzene rings is 3. The Bertz CT molecular complexity index is 1770. The van der Waals surface area contributed by atoms with Crippen LogP contribution in [0.3, 0.4) is 0 Å². The third kappa shape index (κ3) is 5.20. The van der Waals surface area contributed by atoms with Crippen molar-refractivity contribution >= 4 is 26.8 Å². The Morgan fingerprint density at radius 2 is 1.90 bits per heavy atom. The summed E-state index contributed by atoms with van der Waals surface area (Å²) in [6.45, 7) is 1.40. The lowest BCUT2D eigenvalue weighted by Gasteiger charge is -2.25. The van der Waals surface area contributed by atoms with Crippen LogP contribution in [0.5, 0.6) is 11.5 Å². The smallest absolute Gasteiger partial charge is 0.395 e. The van der Waals surface area contributed by atoms with Gasteiger partial charge in [0.25, 0.3) is 5.91 Å². The number of carbonyl (C=O) groups is 1. The summed E-state index contributed by atoms with van der Waals surface area (Å²) in [7, 11) is -3.37. The molecule has 9 nitrogen and oxygen atoms in total. The average Bonchev–Trinajstić information content (AvgIpc) is 3.46. The molecule has 12 heteroatoms. The topological polar surface area (TPSA) is 120 Å². The molecule has 0 spiro atoms. The van der Waals surface area contributed by atoms with E-state index in [-0.39, 0.29) is 41.2 Å². The van der Waals surface area contributed by atoms with E-state index in [1.807, 2.05) is 4.57 Å². The number of amides is 1. The molecule has 0 saturated heterocycles. The van der Waals surface area contributed by atoms with Crippen LogP contribution in [0, 0.1) is 0 Å². The minimum atomic E-state index is -3.73. The highest BCUT2D eigenvalue weighted by molar-refractivity contribution is 7.91. The molecule has 42 heavy (non-hydrogen) atoms. The van der Waals surface area contributed by atoms with Crippen molar-refractivity contribution in [1.82, 2.24) is 14.9 Å². The van der Waals surface area contributed by atoms with Crippen LogP contribution in [0.25, 0.3) is 11.0 Å². The fraction of sp³-hybridized carbons (Fsp3) is 0.333. The van der Waals surface area contributed by atoms with Gasteiger partial charge in [-0.15, -0.1) is 8.78 Å². The van der Waals surface area contributed by atoms with Crippen molar-refractivity contribution in [3.63, 3.8) is 0 Å². The molecule has 2 aliphatic rings. The van der Waals surface area contributed by atoms with Crippen LogP contribution in [0.15, 0.2) is 65.6 Å². The van der Waals surface area contributed by atoms with Crippen molar-refractivity contribution in [3.05, 3.63) is 83.2 Å². The highest BCUT2D eigenvalue weighted by Gasteiger charge is 2.44. The van der Waals surface area contributed by atoms with Gasteiger partial charge in [-0.05, 0) is 54.8 Å². The zero-order chi connectivity index (χ0) is 29.6. The van der Waals surface area contributed by atoms with Crippen LogP contribution < -0.4 is 14.8 Å². The Hall–Kier alpha value is -4.03.